The summed E-state index contributed by atoms with van der Waals surface area (Å²) in [5.41, 5.74) is 0. The number of nitrogens with zero attached hydrogens (tertiary/aromatic N) is 1. The van der Waals surface area contributed by atoms with Crippen molar-refractivity contribution in [3.63, 3.8) is 0 Å². The number of hydrogen-bond donors (Lipinski definition) is 0. The highest BCUT2D eigenvalue weighted by Gasteiger charge is 2.20. The molecule has 22 heavy (non-hydrogen) atoms. The molecular weight excluding hydrogens is 329 g/mol. The maximum absolute atomic E-state index is 12.1. The van der Waals surface area contributed by atoms with Crippen LogP contribution in [0.4, 0.5) is 0 Å². The third kappa shape index (κ3) is 5.39. The van der Waals surface area contributed by atoms with Crippen molar-refractivity contribution >= 4 is 35.1 Å². The predicted octanol–water partition coefficient (Wildman–Crippen LogP) is 3.03. The minimum Gasteiger partial charge on any atom is -0.484 e. The lowest BCUT2D eigenvalue weighted by Gasteiger charge is -2.23. The second-order valence-electron chi connectivity index (χ2n) is 4.72. The van der Waals surface area contributed by atoms with Gasteiger partial charge in [0.1, 0.15) is 5.75 Å². The zero-order valence-corrected chi connectivity index (χ0v) is 14.3. The minimum absolute atomic E-state index is 0.139. The van der Waals surface area contributed by atoms with Crippen molar-refractivity contribution in [1.82, 2.24) is 4.90 Å². The number of likely N-dealkylation sites (N-methyl/N-ethyl adjacent to an activating group) is 1. The Morgan fingerprint density at radius 3 is 2.50 bits per heavy atom. The van der Waals surface area contributed by atoms with Gasteiger partial charge in [0, 0.05) is 19.2 Å². The molecule has 0 heterocycles. The average molecular weight is 348 g/mol. The van der Waals surface area contributed by atoms with E-state index in [1.165, 1.54) is 7.11 Å². The molecule has 0 aliphatic carbocycles. The maximum atomic E-state index is 12.1. The van der Waals surface area contributed by atoms with E-state index >= 15 is 0 Å². The van der Waals surface area contributed by atoms with Crippen molar-refractivity contribution in [3.8, 4) is 5.75 Å². The quantitative estimate of drug-likeness (QED) is 0.711. The summed E-state index contributed by atoms with van der Waals surface area (Å²) >= 11 is 11.7. The highest BCUT2D eigenvalue weighted by atomic mass is 35.5. The normalized spacial score (nSPS) is 11.7. The summed E-state index contributed by atoms with van der Waals surface area (Å²) in [4.78, 5) is 25.1. The fourth-order valence-corrected chi connectivity index (χ4v) is 2.10. The van der Waals surface area contributed by atoms with Crippen molar-refractivity contribution < 1.29 is 19.1 Å². The lowest BCUT2D eigenvalue weighted by molar-refractivity contribution is -0.146. The summed E-state index contributed by atoms with van der Waals surface area (Å²) in [6.07, 6.45) is 0. The van der Waals surface area contributed by atoms with Crippen LogP contribution in [0.1, 0.15) is 13.8 Å². The highest BCUT2D eigenvalue weighted by Crippen LogP contribution is 2.26. The van der Waals surface area contributed by atoms with Crippen molar-refractivity contribution in [1.29, 1.82) is 0 Å². The van der Waals surface area contributed by atoms with E-state index in [2.05, 4.69) is 4.74 Å². The van der Waals surface area contributed by atoms with Crippen LogP contribution in [0.25, 0.3) is 0 Å². The first-order chi connectivity index (χ1) is 10.4. The van der Waals surface area contributed by atoms with Crippen LogP contribution in [0.2, 0.25) is 10.0 Å². The SMILES string of the molecule is CCN(CC(C)C(=O)OC)C(=O)COc1ccc(Cl)c(Cl)c1. The van der Waals surface area contributed by atoms with Crippen LogP contribution in [0, 0.1) is 5.92 Å². The molecule has 1 aromatic carbocycles. The molecule has 0 bridgehead atoms. The van der Waals surface area contributed by atoms with Gasteiger partial charge < -0.3 is 14.4 Å². The van der Waals surface area contributed by atoms with E-state index in [1.807, 2.05) is 6.92 Å². The van der Waals surface area contributed by atoms with Crippen LogP contribution in [0.15, 0.2) is 18.2 Å². The van der Waals surface area contributed by atoms with Crippen LogP contribution < -0.4 is 4.74 Å². The molecule has 1 rings (SSSR count). The molecule has 1 aromatic rings. The number of halogens is 2. The summed E-state index contributed by atoms with van der Waals surface area (Å²) in [5.74, 6) is -0.500. The van der Waals surface area contributed by atoms with E-state index in [-0.39, 0.29) is 30.9 Å². The Morgan fingerprint density at radius 2 is 1.95 bits per heavy atom. The van der Waals surface area contributed by atoms with Gasteiger partial charge >= 0.3 is 5.97 Å². The largest absolute Gasteiger partial charge is 0.484 e. The average Bonchev–Trinajstić information content (AvgIpc) is 2.52. The lowest BCUT2D eigenvalue weighted by atomic mass is 10.1. The second kappa shape index (κ2) is 8.86. The summed E-state index contributed by atoms with van der Waals surface area (Å²) < 4.78 is 10.1. The lowest BCUT2D eigenvalue weighted by Crippen LogP contribution is -2.39. The Bertz CT molecular complexity index is 536. The number of benzene rings is 1. The fourth-order valence-electron chi connectivity index (χ4n) is 1.82. The highest BCUT2D eigenvalue weighted by molar-refractivity contribution is 6.42. The molecule has 0 radical (unpaired) electrons. The number of carbonyl (C=O) groups is 2. The minimum atomic E-state index is -0.390. The molecule has 1 unspecified atom stereocenters. The van der Waals surface area contributed by atoms with E-state index in [9.17, 15) is 9.59 Å². The van der Waals surface area contributed by atoms with Gasteiger partial charge in [-0.3, -0.25) is 9.59 Å². The number of esters is 1. The molecule has 0 aliphatic rings. The summed E-state index contributed by atoms with van der Waals surface area (Å²) in [6, 6.07) is 4.78. The first-order valence-corrected chi connectivity index (χ1v) is 7.58. The summed E-state index contributed by atoms with van der Waals surface area (Å²) in [6.45, 7) is 4.17. The number of amides is 1. The Morgan fingerprint density at radius 1 is 1.27 bits per heavy atom. The fraction of sp³-hybridized carbons (Fsp3) is 0.467. The Labute approximate surface area is 140 Å². The van der Waals surface area contributed by atoms with E-state index in [0.29, 0.717) is 22.3 Å². The van der Waals surface area contributed by atoms with Gasteiger partial charge in [0.05, 0.1) is 23.1 Å². The van der Waals surface area contributed by atoms with E-state index < -0.39 is 0 Å². The van der Waals surface area contributed by atoms with E-state index in [1.54, 1.807) is 30.0 Å². The third-order valence-corrected chi connectivity index (χ3v) is 3.82. The summed E-state index contributed by atoms with van der Waals surface area (Å²) in [7, 11) is 1.32. The van der Waals surface area contributed by atoms with Crippen molar-refractivity contribution in [3.05, 3.63) is 28.2 Å². The Balaban J connectivity index is 2.57. The molecular formula is C15H19Cl2NO4. The monoisotopic (exact) mass is 347 g/mol. The van der Waals surface area contributed by atoms with E-state index in [0.717, 1.165) is 0 Å². The van der Waals surface area contributed by atoms with Crippen LogP contribution in [-0.2, 0) is 14.3 Å². The van der Waals surface area contributed by atoms with Gasteiger partial charge in [-0.05, 0) is 19.1 Å². The van der Waals surface area contributed by atoms with Gasteiger partial charge in [-0.2, -0.15) is 0 Å². The van der Waals surface area contributed by atoms with Crippen molar-refractivity contribution in [2.24, 2.45) is 5.92 Å². The van der Waals surface area contributed by atoms with Gasteiger partial charge in [0.2, 0.25) is 0 Å². The maximum Gasteiger partial charge on any atom is 0.310 e. The molecule has 0 saturated carbocycles. The zero-order valence-electron chi connectivity index (χ0n) is 12.8. The third-order valence-electron chi connectivity index (χ3n) is 3.09. The molecule has 0 aromatic heterocycles. The van der Waals surface area contributed by atoms with Crippen molar-refractivity contribution in [2.45, 2.75) is 13.8 Å². The van der Waals surface area contributed by atoms with Crippen LogP contribution >= 0.6 is 23.2 Å². The molecule has 0 saturated heterocycles. The van der Waals surface area contributed by atoms with E-state index in [4.69, 9.17) is 27.9 Å². The predicted molar refractivity (Wildman–Crippen MR) is 85.4 cm³/mol. The standard InChI is InChI=1S/C15H19Cl2NO4/c1-4-18(8-10(2)15(20)21-3)14(19)9-22-11-5-6-12(16)13(17)7-11/h5-7,10H,4,8-9H2,1-3H3. The molecule has 1 amide bonds. The molecule has 0 N–H and O–H groups in total. The zero-order chi connectivity index (χ0) is 16.7. The number of methoxy groups -OCH3 is 1. The smallest absolute Gasteiger partial charge is 0.310 e. The summed E-state index contributed by atoms with van der Waals surface area (Å²) in [5, 5.41) is 0.778. The van der Waals surface area contributed by atoms with Gasteiger partial charge in [-0.25, -0.2) is 0 Å². The van der Waals surface area contributed by atoms with Crippen LogP contribution in [0.5, 0.6) is 5.75 Å². The number of hydrogen-bond acceptors (Lipinski definition) is 4. The van der Waals surface area contributed by atoms with Crippen LogP contribution in [0.3, 0.4) is 0 Å². The molecule has 0 spiro atoms. The molecule has 0 fully saturated rings. The van der Waals surface area contributed by atoms with Gasteiger partial charge in [-0.15, -0.1) is 0 Å². The number of rotatable bonds is 7. The van der Waals surface area contributed by atoms with Gasteiger partial charge in [0.15, 0.2) is 6.61 Å². The molecule has 7 heteroatoms. The van der Waals surface area contributed by atoms with Crippen molar-refractivity contribution in [2.75, 3.05) is 26.8 Å². The molecule has 5 nitrogen and oxygen atoms in total. The van der Waals surface area contributed by atoms with Crippen LogP contribution in [-0.4, -0.2) is 43.6 Å². The number of carbonyl (C=O) groups excluding carboxylic acids is 2. The number of ether oxygens (including phenoxy) is 2. The Hall–Kier alpha value is -1.46. The van der Waals surface area contributed by atoms with Gasteiger partial charge in [0.25, 0.3) is 5.91 Å². The van der Waals surface area contributed by atoms with Gasteiger partial charge in [-0.1, -0.05) is 30.1 Å². The molecule has 1 atom stereocenters. The first-order valence-electron chi connectivity index (χ1n) is 6.82. The Kier molecular flexibility index (Phi) is 7.48. The second-order valence-corrected chi connectivity index (χ2v) is 5.54. The molecule has 0 aliphatic heterocycles. The topological polar surface area (TPSA) is 55.8 Å². The molecule has 122 valence electrons. The first kappa shape index (κ1) is 18.6.